The van der Waals surface area contributed by atoms with Gasteiger partial charge in [0.05, 0.1) is 11.0 Å². The van der Waals surface area contributed by atoms with Crippen LogP contribution in [-0.4, -0.2) is 29.7 Å². The highest BCUT2D eigenvalue weighted by Crippen LogP contribution is 2.12. The molecular weight excluding hydrogens is 196 g/mol. The van der Waals surface area contributed by atoms with Crippen molar-refractivity contribution in [3.8, 4) is 0 Å². The molecule has 1 aromatic carbocycles. The molecule has 15 heavy (non-hydrogen) atoms. The van der Waals surface area contributed by atoms with Crippen LogP contribution < -0.4 is 5.32 Å². The average molecular weight is 210 g/mol. The van der Waals surface area contributed by atoms with E-state index in [1.165, 1.54) is 12.1 Å². The van der Waals surface area contributed by atoms with Crippen LogP contribution in [0.25, 0.3) is 0 Å². The third-order valence-corrected chi connectivity index (χ3v) is 2.06. The fraction of sp³-hybridized carbons (Fsp3) is 0.400. The van der Waals surface area contributed by atoms with Gasteiger partial charge in [-0.1, -0.05) is 12.1 Å². The third kappa shape index (κ3) is 3.65. The lowest BCUT2D eigenvalue weighted by Gasteiger charge is -2.09. The molecule has 2 N–H and O–H groups in total. The predicted molar refractivity (Wildman–Crippen MR) is 56.7 cm³/mol. The minimum atomic E-state index is -0.462. The van der Waals surface area contributed by atoms with Crippen LogP contribution >= 0.6 is 0 Å². The van der Waals surface area contributed by atoms with E-state index >= 15 is 0 Å². The predicted octanol–water partition coefficient (Wildman–Crippen LogP) is 0.718. The summed E-state index contributed by atoms with van der Waals surface area (Å²) in [6, 6.07) is 6.22. The Hall–Kier alpha value is -1.46. The molecule has 5 heteroatoms. The zero-order valence-corrected chi connectivity index (χ0v) is 8.51. The van der Waals surface area contributed by atoms with Gasteiger partial charge in [-0.25, -0.2) is 0 Å². The van der Waals surface area contributed by atoms with E-state index in [1.54, 1.807) is 19.2 Å². The van der Waals surface area contributed by atoms with Gasteiger partial charge in [0.1, 0.15) is 0 Å². The quantitative estimate of drug-likeness (QED) is 0.554. The van der Waals surface area contributed by atoms with Crippen molar-refractivity contribution in [2.45, 2.75) is 12.5 Å². The highest BCUT2D eigenvalue weighted by Gasteiger charge is 2.07. The molecule has 0 fully saturated rings. The Bertz CT molecular complexity index is 324. The summed E-state index contributed by atoms with van der Waals surface area (Å²) in [6.45, 7) is 0.511. The molecule has 0 amide bonds. The molecule has 0 spiro atoms. The van der Waals surface area contributed by atoms with Crippen molar-refractivity contribution in [1.82, 2.24) is 5.32 Å². The van der Waals surface area contributed by atoms with Crippen molar-refractivity contribution in [1.29, 1.82) is 0 Å². The van der Waals surface area contributed by atoms with Crippen molar-refractivity contribution in [3.05, 3.63) is 39.9 Å². The second-order valence-electron chi connectivity index (χ2n) is 3.34. The maximum Gasteiger partial charge on any atom is 0.269 e. The fourth-order valence-electron chi connectivity index (χ4n) is 1.33. The van der Waals surface area contributed by atoms with Crippen LogP contribution in [0.3, 0.4) is 0 Å². The van der Waals surface area contributed by atoms with Crippen molar-refractivity contribution in [2.24, 2.45) is 0 Å². The molecule has 0 aliphatic carbocycles. The molecule has 0 saturated heterocycles. The van der Waals surface area contributed by atoms with Gasteiger partial charge >= 0.3 is 0 Å². The van der Waals surface area contributed by atoms with E-state index in [0.29, 0.717) is 13.0 Å². The molecule has 1 aromatic rings. The second-order valence-corrected chi connectivity index (χ2v) is 3.34. The summed E-state index contributed by atoms with van der Waals surface area (Å²) in [5.41, 5.74) is 0.963. The molecule has 1 atom stereocenters. The number of rotatable bonds is 5. The Kier molecular flexibility index (Phi) is 4.20. The summed E-state index contributed by atoms with van der Waals surface area (Å²) in [6.07, 6.45) is 0.0372. The first-order valence-corrected chi connectivity index (χ1v) is 4.69. The standard InChI is InChI=1S/C10H14N2O3/c1-11-7-10(13)6-8-2-4-9(5-3-8)12(14)15/h2-5,10-11,13H,6-7H2,1H3. The van der Waals surface area contributed by atoms with Gasteiger partial charge in [-0.3, -0.25) is 10.1 Å². The maximum atomic E-state index is 10.4. The summed E-state index contributed by atoms with van der Waals surface area (Å²) in [4.78, 5) is 9.95. The van der Waals surface area contributed by atoms with Gasteiger partial charge in [-0.2, -0.15) is 0 Å². The van der Waals surface area contributed by atoms with Crippen molar-refractivity contribution >= 4 is 5.69 Å². The summed E-state index contributed by atoms with van der Waals surface area (Å²) >= 11 is 0. The number of aliphatic hydroxyl groups is 1. The molecule has 0 aromatic heterocycles. The lowest BCUT2D eigenvalue weighted by molar-refractivity contribution is -0.384. The minimum Gasteiger partial charge on any atom is -0.391 e. The number of aliphatic hydroxyl groups excluding tert-OH is 1. The van der Waals surface area contributed by atoms with E-state index in [1.807, 2.05) is 0 Å². The Morgan fingerprint density at radius 1 is 1.47 bits per heavy atom. The molecule has 0 saturated carbocycles. The largest absolute Gasteiger partial charge is 0.391 e. The zero-order chi connectivity index (χ0) is 11.3. The summed E-state index contributed by atoms with van der Waals surface area (Å²) in [5.74, 6) is 0. The number of nitrogens with one attached hydrogen (secondary N) is 1. The highest BCUT2D eigenvalue weighted by molar-refractivity contribution is 5.33. The van der Waals surface area contributed by atoms with E-state index in [-0.39, 0.29) is 5.69 Å². The monoisotopic (exact) mass is 210 g/mol. The van der Waals surface area contributed by atoms with Gasteiger partial charge in [-0.15, -0.1) is 0 Å². The van der Waals surface area contributed by atoms with Gasteiger partial charge in [-0.05, 0) is 19.0 Å². The Morgan fingerprint density at radius 2 is 2.07 bits per heavy atom. The van der Waals surface area contributed by atoms with E-state index in [4.69, 9.17) is 0 Å². The fourth-order valence-corrected chi connectivity index (χ4v) is 1.33. The molecule has 0 radical (unpaired) electrons. The van der Waals surface area contributed by atoms with Crippen molar-refractivity contribution in [3.63, 3.8) is 0 Å². The molecule has 1 rings (SSSR count). The summed E-state index contributed by atoms with van der Waals surface area (Å²) in [7, 11) is 1.76. The summed E-state index contributed by atoms with van der Waals surface area (Å²) in [5, 5.41) is 22.7. The van der Waals surface area contributed by atoms with Gasteiger partial charge in [0.2, 0.25) is 0 Å². The van der Waals surface area contributed by atoms with Gasteiger partial charge in [0, 0.05) is 18.7 Å². The molecule has 82 valence electrons. The SMILES string of the molecule is CNCC(O)Cc1ccc([N+](=O)[O-])cc1. The normalized spacial score (nSPS) is 12.4. The first-order valence-electron chi connectivity index (χ1n) is 4.69. The van der Waals surface area contributed by atoms with E-state index < -0.39 is 11.0 Å². The smallest absolute Gasteiger partial charge is 0.269 e. The van der Waals surface area contributed by atoms with Crippen molar-refractivity contribution < 1.29 is 10.0 Å². The number of hydrogen-bond donors (Lipinski definition) is 2. The number of likely N-dealkylation sites (N-methyl/N-ethyl adjacent to an activating group) is 1. The molecule has 0 heterocycles. The molecule has 0 aliphatic rings. The number of hydrogen-bond acceptors (Lipinski definition) is 4. The van der Waals surface area contributed by atoms with Crippen LogP contribution in [-0.2, 0) is 6.42 Å². The Balaban J connectivity index is 2.60. The number of benzene rings is 1. The third-order valence-electron chi connectivity index (χ3n) is 2.06. The van der Waals surface area contributed by atoms with Crippen molar-refractivity contribution in [2.75, 3.05) is 13.6 Å². The highest BCUT2D eigenvalue weighted by atomic mass is 16.6. The maximum absolute atomic E-state index is 10.4. The molecular formula is C10H14N2O3. The van der Waals surface area contributed by atoms with Crippen LogP contribution in [0, 0.1) is 10.1 Å². The average Bonchev–Trinajstić information content (AvgIpc) is 2.18. The minimum absolute atomic E-state index is 0.0712. The van der Waals surface area contributed by atoms with Crippen LogP contribution in [0.4, 0.5) is 5.69 Å². The number of nitrogens with zero attached hydrogens (tertiary/aromatic N) is 1. The van der Waals surface area contributed by atoms with Crippen LogP contribution in [0.2, 0.25) is 0 Å². The van der Waals surface area contributed by atoms with Gasteiger partial charge < -0.3 is 10.4 Å². The molecule has 0 aliphatic heterocycles. The van der Waals surface area contributed by atoms with E-state index in [0.717, 1.165) is 5.56 Å². The van der Waals surface area contributed by atoms with Crippen LogP contribution in [0.1, 0.15) is 5.56 Å². The van der Waals surface area contributed by atoms with E-state index in [2.05, 4.69) is 5.32 Å². The Labute approximate surface area is 87.9 Å². The molecule has 5 nitrogen and oxygen atoms in total. The number of nitro benzene ring substituents is 1. The Morgan fingerprint density at radius 3 is 2.53 bits per heavy atom. The lowest BCUT2D eigenvalue weighted by atomic mass is 10.1. The van der Waals surface area contributed by atoms with Gasteiger partial charge in [0.15, 0.2) is 0 Å². The van der Waals surface area contributed by atoms with E-state index in [9.17, 15) is 15.2 Å². The van der Waals surface area contributed by atoms with Gasteiger partial charge in [0.25, 0.3) is 5.69 Å². The molecule has 1 unspecified atom stereocenters. The molecule has 0 bridgehead atoms. The number of nitro groups is 1. The number of non-ortho nitro benzene ring substituents is 1. The first-order chi connectivity index (χ1) is 7.13. The first kappa shape index (κ1) is 11.6. The second kappa shape index (κ2) is 5.43. The topological polar surface area (TPSA) is 75.4 Å². The van der Waals surface area contributed by atoms with Crippen LogP contribution in [0.5, 0.6) is 0 Å². The zero-order valence-electron chi connectivity index (χ0n) is 8.51. The summed E-state index contributed by atoms with van der Waals surface area (Å²) < 4.78 is 0. The van der Waals surface area contributed by atoms with Crippen LogP contribution in [0.15, 0.2) is 24.3 Å². The lowest BCUT2D eigenvalue weighted by Crippen LogP contribution is -2.25.